The lowest BCUT2D eigenvalue weighted by Crippen LogP contribution is -2.66. The van der Waals surface area contributed by atoms with E-state index in [4.69, 9.17) is 28.4 Å². The summed E-state index contributed by atoms with van der Waals surface area (Å²) < 4.78 is 35.0. The van der Waals surface area contributed by atoms with Gasteiger partial charge in [-0.2, -0.15) is 0 Å². The van der Waals surface area contributed by atoms with Crippen molar-refractivity contribution >= 4 is 11.9 Å². The van der Waals surface area contributed by atoms with Gasteiger partial charge in [0.25, 0.3) is 0 Å². The smallest absolute Gasteiger partial charge is 0.335 e. The van der Waals surface area contributed by atoms with Crippen molar-refractivity contribution in [3.8, 4) is 0 Å². The minimum Gasteiger partial charge on any atom is -0.479 e. The summed E-state index contributed by atoms with van der Waals surface area (Å²) >= 11 is 0. The van der Waals surface area contributed by atoms with E-state index in [1.165, 1.54) is 5.57 Å². The van der Waals surface area contributed by atoms with Gasteiger partial charge in [-0.1, -0.05) is 60.1 Å². The highest BCUT2D eigenvalue weighted by Gasteiger charge is 2.70. The van der Waals surface area contributed by atoms with Gasteiger partial charge >= 0.3 is 11.9 Å². The summed E-state index contributed by atoms with van der Waals surface area (Å²) in [7, 11) is 0. The van der Waals surface area contributed by atoms with Crippen LogP contribution in [0, 0.1) is 50.2 Å². The monoisotopic (exact) mass is 926 g/mol. The average molecular weight is 927 g/mol. The van der Waals surface area contributed by atoms with Crippen LogP contribution in [0.5, 0.6) is 0 Å². The Morgan fingerprint density at radius 3 is 1.89 bits per heavy atom. The molecule has 0 aromatic heterocycles. The molecule has 0 radical (unpaired) electrons. The van der Waals surface area contributed by atoms with Crippen LogP contribution in [0.25, 0.3) is 0 Å². The molecule has 8 aliphatic rings. The average Bonchev–Trinajstić information content (AvgIpc) is 3.52. The predicted molar refractivity (Wildman–Crippen MR) is 225 cm³/mol. The van der Waals surface area contributed by atoms with Crippen molar-refractivity contribution in [2.75, 3.05) is 13.2 Å². The molecular weight excluding hydrogens is 852 g/mol. The number of allylic oxidation sites excluding steroid dienone is 2. The fourth-order valence-electron chi connectivity index (χ4n) is 14.8. The van der Waals surface area contributed by atoms with E-state index in [2.05, 4.69) is 54.5 Å². The topological polar surface area (TPSA) is 292 Å². The van der Waals surface area contributed by atoms with Crippen LogP contribution < -0.4 is 0 Å². The van der Waals surface area contributed by atoms with Crippen molar-refractivity contribution in [1.82, 2.24) is 0 Å². The number of hydrogen-bond acceptors (Lipinski definition) is 17. The molecule has 3 saturated heterocycles. The second-order valence-corrected chi connectivity index (χ2v) is 23.0. The van der Waals surface area contributed by atoms with E-state index in [0.717, 1.165) is 44.9 Å². The van der Waals surface area contributed by atoms with Gasteiger partial charge in [0.2, 0.25) is 6.29 Å². The minimum atomic E-state index is -1.84. The molecule has 22 unspecified atom stereocenters. The van der Waals surface area contributed by atoms with Crippen molar-refractivity contribution in [2.24, 2.45) is 50.2 Å². The second-order valence-electron chi connectivity index (χ2n) is 23.0. The van der Waals surface area contributed by atoms with Gasteiger partial charge in [0.15, 0.2) is 18.7 Å². The molecule has 370 valence electrons. The number of rotatable bonds is 9. The fraction of sp³-hybridized carbons (Fsp3) is 0.915. The van der Waals surface area contributed by atoms with Crippen LogP contribution in [0.3, 0.4) is 0 Å². The lowest BCUT2D eigenvalue weighted by molar-refractivity contribution is -0.342. The molecule has 8 rings (SSSR count). The van der Waals surface area contributed by atoms with Crippen LogP contribution in [0.4, 0.5) is 0 Å². The van der Waals surface area contributed by atoms with E-state index in [1.54, 1.807) is 0 Å². The predicted octanol–water partition coefficient (Wildman–Crippen LogP) is 0.872. The Morgan fingerprint density at radius 2 is 1.25 bits per heavy atom. The molecule has 3 aliphatic heterocycles. The second kappa shape index (κ2) is 17.2. The summed E-state index contributed by atoms with van der Waals surface area (Å²) in [4.78, 5) is 27.2. The normalized spacial score (nSPS) is 52.5. The van der Waals surface area contributed by atoms with Gasteiger partial charge in [-0.05, 0) is 109 Å². The molecule has 65 heavy (non-hydrogen) atoms. The number of aliphatic hydroxyl groups excluding tert-OH is 9. The molecule has 7 fully saturated rings. The number of carboxylic acids is 1. The van der Waals surface area contributed by atoms with E-state index < -0.39 is 128 Å². The van der Waals surface area contributed by atoms with Crippen molar-refractivity contribution in [1.29, 1.82) is 0 Å². The van der Waals surface area contributed by atoms with Gasteiger partial charge in [-0.25, -0.2) is 4.79 Å². The quantitative estimate of drug-likeness (QED) is 0.0872. The minimum absolute atomic E-state index is 0.0645. The molecule has 10 N–H and O–H groups in total. The third-order valence-corrected chi connectivity index (χ3v) is 18.9. The maximum absolute atomic E-state index is 14.6. The molecule has 0 spiro atoms. The molecule has 18 heteroatoms. The molecule has 22 atom stereocenters. The number of hydrogen-bond donors (Lipinski definition) is 10. The summed E-state index contributed by atoms with van der Waals surface area (Å²) in [6, 6.07) is 0. The van der Waals surface area contributed by atoms with Crippen molar-refractivity contribution in [2.45, 2.75) is 205 Å². The third kappa shape index (κ3) is 7.67. The number of esters is 1. The summed E-state index contributed by atoms with van der Waals surface area (Å²) in [5, 5.41) is 104. The van der Waals surface area contributed by atoms with Crippen LogP contribution >= 0.6 is 0 Å². The Kier molecular flexibility index (Phi) is 13.1. The van der Waals surface area contributed by atoms with E-state index in [1.807, 2.05) is 0 Å². The first kappa shape index (κ1) is 49.5. The number of ether oxygens (including phenoxy) is 6. The van der Waals surface area contributed by atoms with Gasteiger partial charge in [0.1, 0.15) is 61.0 Å². The Hall–Kier alpha value is -1.88. The molecule has 0 aromatic carbocycles. The zero-order valence-corrected chi connectivity index (χ0v) is 38.7. The number of aliphatic carboxylic acids is 1. The number of fused-ring (bicyclic) bond motifs is 7. The highest BCUT2D eigenvalue weighted by Crippen LogP contribution is 2.76. The van der Waals surface area contributed by atoms with Crippen LogP contribution in [-0.4, -0.2) is 168 Å². The molecular formula is C47H74O18. The molecule has 18 nitrogen and oxygen atoms in total. The van der Waals surface area contributed by atoms with Crippen LogP contribution in [-0.2, 0) is 38.0 Å². The van der Waals surface area contributed by atoms with Gasteiger partial charge in [0.05, 0.1) is 24.7 Å². The van der Waals surface area contributed by atoms with Crippen molar-refractivity contribution < 1.29 is 89.1 Å². The zero-order chi connectivity index (χ0) is 47.6. The molecule has 0 amide bonds. The summed E-state index contributed by atoms with van der Waals surface area (Å²) in [5.74, 6) is -1.77. The highest BCUT2D eigenvalue weighted by atomic mass is 16.8. The summed E-state index contributed by atoms with van der Waals surface area (Å²) in [6.07, 6.45) is -13.2. The molecule has 0 bridgehead atoms. The molecule has 0 aromatic rings. The number of carbonyl (C=O) groups is 2. The largest absolute Gasteiger partial charge is 0.479 e. The molecule has 4 saturated carbocycles. The standard InChI is InChI=1S/C47H74O18/c1-42(2)14-16-47(41(59)65-39-33(55)30(52)28(50)23(19-48)61-39)17-15-45(6)21(22(47)18-42)8-9-26-44(5)12-11-27(43(3,4)25(44)10-13-46(26,45)7)62-40-34(56)31(53)35(36(64-40)37(57)58)63-38-32(54)29(51)24(20-49)60-38/h8,22-36,38-40,48-56H,9-20H2,1-7H3,(H,57,58). The van der Waals surface area contributed by atoms with Crippen LogP contribution in [0.1, 0.15) is 113 Å². The fourth-order valence-corrected chi connectivity index (χ4v) is 14.8. The first-order valence-corrected chi connectivity index (χ1v) is 23.7. The van der Waals surface area contributed by atoms with Crippen LogP contribution in [0.2, 0.25) is 0 Å². The Labute approximate surface area is 380 Å². The maximum atomic E-state index is 14.6. The lowest BCUT2D eigenvalue weighted by atomic mass is 9.33. The van der Waals surface area contributed by atoms with Gasteiger partial charge < -0.3 is 79.5 Å². The van der Waals surface area contributed by atoms with E-state index >= 15 is 0 Å². The molecule has 3 heterocycles. The first-order valence-electron chi connectivity index (χ1n) is 23.7. The maximum Gasteiger partial charge on any atom is 0.335 e. The van der Waals surface area contributed by atoms with Crippen molar-refractivity contribution in [3.63, 3.8) is 0 Å². The van der Waals surface area contributed by atoms with E-state index in [-0.39, 0.29) is 39.4 Å². The Bertz CT molecular complexity index is 1820. The SMILES string of the molecule is CC1(C)CCC2(C(=O)OC3OC(CO)C(O)C(O)C3O)CCC3(C)C(=CCC4C5(C)CCC(OC6OC(C(=O)O)C(OC7OC(CO)C(O)C7O)C(O)C6O)C(C)(C)C5CCC43C)C2C1. The third-order valence-electron chi connectivity index (χ3n) is 18.9. The number of carboxylic acid groups (broad SMARTS) is 1. The van der Waals surface area contributed by atoms with E-state index in [0.29, 0.717) is 19.3 Å². The van der Waals surface area contributed by atoms with Gasteiger partial charge in [-0.3, -0.25) is 4.79 Å². The van der Waals surface area contributed by atoms with E-state index in [9.17, 15) is 60.7 Å². The summed E-state index contributed by atoms with van der Waals surface area (Å²) in [5.41, 5.74) is -0.800. The zero-order valence-electron chi connectivity index (χ0n) is 38.7. The van der Waals surface area contributed by atoms with Gasteiger partial charge in [-0.15, -0.1) is 0 Å². The highest BCUT2D eigenvalue weighted by molar-refractivity contribution is 5.79. The number of carbonyl (C=O) groups excluding carboxylic acids is 1. The van der Waals surface area contributed by atoms with Gasteiger partial charge in [0, 0.05) is 0 Å². The molecule has 5 aliphatic carbocycles. The summed E-state index contributed by atoms with van der Waals surface area (Å²) in [6.45, 7) is 14.6. The lowest BCUT2D eigenvalue weighted by Gasteiger charge is -2.71. The van der Waals surface area contributed by atoms with Crippen molar-refractivity contribution in [3.05, 3.63) is 11.6 Å². The Balaban J connectivity index is 1.01. The van der Waals surface area contributed by atoms with Crippen LogP contribution in [0.15, 0.2) is 11.6 Å². The Morgan fingerprint density at radius 1 is 0.662 bits per heavy atom. The first-order chi connectivity index (χ1) is 30.3. The number of aliphatic hydroxyl groups is 9.